The second-order valence-corrected chi connectivity index (χ2v) is 10.7. The van der Waals surface area contributed by atoms with Gasteiger partial charge in [-0.25, -0.2) is 0 Å². The molecule has 4 aromatic rings. The summed E-state index contributed by atoms with van der Waals surface area (Å²) in [7, 11) is 0. The molecule has 39 heavy (non-hydrogen) atoms. The van der Waals surface area contributed by atoms with Crippen molar-refractivity contribution in [1.82, 2.24) is 9.88 Å². The molecule has 0 atom stereocenters. The zero-order valence-electron chi connectivity index (χ0n) is 22.3. The predicted octanol–water partition coefficient (Wildman–Crippen LogP) is 8.44. The monoisotopic (exact) mass is 532 g/mol. The summed E-state index contributed by atoms with van der Waals surface area (Å²) < 4.78 is 0. The molecule has 0 saturated carbocycles. The highest BCUT2D eigenvalue weighted by molar-refractivity contribution is 6.32. The molecular formula is C34H33ClN4. The average Bonchev–Trinajstić information content (AvgIpc) is 2.99. The van der Waals surface area contributed by atoms with Gasteiger partial charge in [-0.1, -0.05) is 67.1 Å². The van der Waals surface area contributed by atoms with E-state index in [0.717, 1.165) is 73.0 Å². The Bertz CT molecular complexity index is 1530. The van der Waals surface area contributed by atoms with Gasteiger partial charge in [-0.15, -0.1) is 0 Å². The maximum atomic E-state index is 6.81. The number of hydrogen-bond acceptors (Lipinski definition) is 4. The summed E-state index contributed by atoms with van der Waals surface area (Å²) in [5, 5.41) is 4.46. The van der Waals surface area contributed by atoms with E-state index in [1.807, 2.05) is 30.6 Å². The molecule has 0 radical (unpaired) electrons. The minimum absolute atomic E-state index is 0.737. The number of pyridine rings is 1. The minimum atomic E-state index is 0.737. The summed E-state index contributed by atoms with van der Waals surface area (Å²) in [5.41, 5.74) is 11.9. The van der Waals surface area contributed by atoms with Crippen LogP contribution in [0.15, 0.2) is 102 Å². The van der Waals surface area contributed by atoms with Gasteiger partial charge in [0.2, 0.25) is 0 Å². The number of anilines is 2. The second kappa shape index (κ2) is 11.6. The van der Waals surface area contributed by atoms with E-state index in [4.69, 9.17) is 16.6 Å². The standard InChI is InChI=1S/C34H33ClN4/c1-2-25-13-16-32(26-9-4-3-5-10-26)38-34(25)30-20-28(14-15-31(30)35)37-33-12-6-11-27-23-39(19-17-29(27)33)22-24-8-7-18-36-21-24/h3-12,14-15,18,20-21,37H,2,13,16-17,19,22-23H2,1H3. The molecule has 0 unspecified atom stereocenters. The van der Waals surface area contributed by atoms with E-state index < -0.39 is 0 Å². The summed E-state index contributed by atoms with van der Waals surface area (Å²) in [6.07, 6.45) is 7.74. The molecule has 0 saturated heterocycles. The number of fused-ring (bicyclic) bond motifs is 1. The van der Waals surface area contributed by atoms with Crippen LogP contribution in [0.3, 0.4) is 0 Å². The van der Waals surface area contributed by atoms with Gasteiger partial charge in [-0.3, -0.25) is 14.9 Å². The molecule has 0 amide bonds. The van der Waals surface area contributed by atoms with E-state index in [0.29, 0.717) is 0 Å². The molecule has 0 spiro atoms. The van der Waals surface area contributed by atoms with Gasteiger partial charge in [0.1, 0.15) is 0 Å². The maximum absolute atomic E-state index is 6.81. The van der Waals surface area contributed by atoms with Gasteiger partial charge in [0.15, 0.2) is 0 Å². The van der Waals surface area contributed by atoms with Crippen LogP contribution in [-0.2, 0) is 19.5 Å². The molecule has 2 aliphatic heterocycles. The lowest BCUT2D eigenvalue weighted by Gasteiger charge is -2.30. The first kappa shape index (κ1) is 25.5. The number of nitrogens with one attached hydrogen (secondary N) is 1. The van der Waals surface area contributed by atoms with Crippen LogP contribution < -0.4 is 5.32 Å². The van der Waals surface area contributed by atoms with Gasteiger partial charge < -0.3 is 5.32 Å². The van der Waals surface area contributed by atoms with Crippen molar-refractivity contribution >= 4 is 34.4 Å². The van der Waals surface area contributed by atoms with Crippen LogP contribution in [-0.4, -0.2) is 22.1 Å². The smallest absolute Gasteiger partial charge is 0.0713 e. The molecule has 4 nitrogen and oxygen atoms in total. The number of nitrogens with zero attached hydrogens (tertiary/aromatic N) is 3. The topological polar surface area (TPSA) is 40.5 Å². The normalized spacial score (nSPS) is 15.6. The van der Waals surface area contributed by atoms with Crippen molar-refractivity contribution in [2.75, 3.05) is 11.9 Å². The van der Waals surface area contributed by atoms with Gasteiger partial charge in [-0.05, 0) is 83.8 Å². The fourth-order valence-electron chi connectivity index (χ4n) is 5.70. The van der Waals surface area contributed by atoms with E-state index in [1.54, 1.807) is 0 Å². The van der Waals surface area contributed by atoms with Crippen LogP contribution in [0.2, 0.25) is 5.02 Å². The lowest BCUT2D eigenvalue weighted by molar-refractivity contribution is 0.245. The van der Waals surface area contributed by atoms with E-state index in [2.05, 4.69) is 82.8 Å². The van der Waals surface area contributed by atoms with E-state index in [9.17, 15) is 0 Å². The quantitative estimate of drug-likeness (QED) is 0.259. The molecule has 5 heteroatoms. The Labute approximate surface area is 236 Å². The number of aliphatic imine (C=N–C) groups is 1. The summed E-state index contributed by atoms with van der Waals surface area (Å²) in [5.74, 6) is 0. The Balaban J connectivity index is 1.26. The highest BCUT2D eigenvalue weighted by Crippen LogP contribution is 2.37. The third-order valence-electron chi connectivity index (χ3n) is 7.75. The molecule has 1 aromatic heterocycles. The Morgan fingerprint density at radius 1 is 0.923 bits per heavy atom. The van der Waals surface area contributed by atoms with Crippen LogP contribution in [0, 0.1) is 0 Å². The molecule has 1 N–H and O–H groups in total. The summed E-state index contributed by atoms with van der Waals surface area (Å²) in [4.78, 5) is 11.9. The van der Waals surface area contributed by atoms with E-state index in [-0.39, 0.29) is 0 Å². The first-order valence-electron chi connectivity index (χ1n) is 13.8. The van der Waals surface area contributed by atoms with Crippen molar-refractivity contribution < 1.29 is 0 Å². The van der Waals surface area contributed by atoms with Gasteiger partial charge in [0.25, 0.3) is 0 Å². The van der Waals surface area contributed by atoms with Gasteiger partial charge >= 0.3 is 0 Å². The van der Waals surface area contributed by atoms with Crippen LogP contribution >= 0.6 is 11.6 Å². The molecule has 3 aromatic carbocycles. The number of rotatable bonds is 7. The largest absolute Gasteiger partial charge is 0.355 e. The summed E-state index contributed by atoms with van der Waals surface area (Å²) >= 11 is 6.81. The van der Waals surface area contributed by atoms with Crippen molar-refractivity contribution in [3.8, 4) is 0 Å². The highest BCUT2D eigenvalue weighted by Gasteiger charge is 2.21. The van der Waals surface area contributed by atoms with Crippen LogP contribution in [0.1, 0.15) is 54.0 Å². The predicted molar refractivity (Wildman–Crippen MR) is 163 cm³/mol. The van der Waals surface area contributed by atoms with Crippen molar-refractivity contribution in [2.24, 2.45) is 4.99 Å². The SMILES string of the molecule is CCC1=C(c2cc(Nc3cccc4c3CCN(Cc3cccnc3)C4)ccc2Cl)N=C(c2ccccc2)CC1. The van der Waals surface area contributed by atoms with Crippen LogP contribution in [0.25, 0.3) is 5.70 Å². The van der Waals surface area contributed by atoms with Gasteiger partial charge in [0.05, 0.1) is 10.7 Å². The highest BCUT2D eigenvalue weighted by atomic mass is 35.5. The van der Waals surface area contributed by atoms with Crippen molar-refractivity contribution in [1.29, 1.82) is 0 Å². The summed E-state index contributed by atoms with van der Waals surface area (Å²) in [6.45, 7) is 5.10. The van der Waals surface area contributed by atoms with E-state index in [1.165, 1.54) is 33.5 Å². The Hall–Kier alpha value is -3.73. The molecule has 0 fully saturated rings. The fraction of sp³-hybridized carbons (Fsp3) is 0.235. The lowest BCUT2D eigenvalue weighted by atomic mass is 9.93. The third kappa shape index (κ3) is 5.68. The molecule has 196 valence electrons. The van der Waals surface area contributed by atoms with Crippen molar-refractivity contribution in [3.05, 3.63) is 130 Å². The van der Waals surface area contributed by atoms with Gasteiger partial charge in [-0.2, -0.15) is 0 Å². The molecule has 0 aliphatic carbocycles. The first-order chi connectivity index (χ1) is 19.2. The first-order valence-corrected chi connectivity index (χ1v) is 14.2. The lowest BCUT2D eigenvalue weighted by Crippen LogP contribution is -2.30. The number of aromatic nitrogens is 1. The molecular weight excluding hydrogens is 500 g/mol. The minimum Gasteiger partial charge on any atom is -0.355 e. The number of benzene rings is 3. The molecule has 3 heterocycles. The van der Waals surface area contributed by atoms with Crippen LogP contribution in [0.4, 0.5) is 11.4 Å². The zero-order valence-corrected chi connectivity index (χ0v) is 23.1. The van der Waals surface area contributed by atoms with Crippen molar-refractivity contribution in [3.63, 3.8) is 0 Å². The summed E-state index contributed by atoms with van der Waals surface area (Å²) in [6, 6.07) is 27.5. The zero-order chi connectivity index (χ0) is 26.6. The number of halogens is 1. The second-order valence-electron chi connectivity index (χ2n) is 10.3. The Morgan fingerprint density at radius 2 is 1.82 bits per heavy atom. The number of hydrogen-bond donors (Lipinski definition) is 1. The molecule has 2 aliphatic rings. The van der Waals surface area contributed by atoms with E-state index >= 15 is 0 Å². The Morgan fingerprint density at radius 3 is 2.64 bits per heavy atom. The number of allylic oxidation sites excluding steroid dienone is 1. The van der Waals surface area contributed by atoms with Crippen molar-refractivity contribution in [2.45, 2.75) is 45.7 Å². The maximum Gasteiger partial charge on any atom is 0.0713 e. The van der Waals surface area contributed by atoms with Crippen LogP contribution in [0.5, 0.6) is 0 Å². The van der Waals surface area contributed by atoms with Gasteiger partial charge in [0, 0.05) is 54.7 Å². The average molecular weight is 533 g/mol. The fourth-order valence-corrected chi connectivity index (χ4v) is 5.91. The third-order valence-corrected chi connectivity index (χ3v) is 8.08. The Kier molecular flexibility index (Phi) is 7.57. The molecule has 6 rings (SSSR count). The molecule has 0 bridgehead atoms.